The lowest BCUT2D eigenvalue weighted by molar-refractivity contribution is -0.870. The van der Waals surface area contributed by atoms with Gasteiger partial charge in [-0.25, -0.2) is 0 Å². The van der Waals surface area contributed by atoms with Crippen LogP contribution in [0.5, 0.6) is 0 Å². The van der Waals surface area contributed by atoms with E-state index in [0.717, 1.165) is 70.6 Å². The molecule has 0 radical (unpaired) electrons. The number of nitrogens with zero attached hydrogens (tertiary/aromatic N) is 1. The van der Waals surface area contributed by atoms with Crippen molar-refractivity contribution in [3.8, 4) is 0 Å². The van der Waals surface area contributed by atoms with Gasteiger partial charge in [0.1, 0.15) is 19.3 Å². The number of hydrogen-bond donors (Lipinski definition) is 1. The van der Waals surface area contributed by atoms with Crippen molar-refractivity contribution in [1.82, 2.24) is 5.32 Å². The number of allylic oxidation sites excluding steroid dienone is 9. The van der Waals surface area contributed by atoms with Gasteiger partial charge < -0.3 is 28.5 Å². The topological polar surface area (TPSA) is 114 Å². The molecule has 0 aliphatic carbocycles. The van der Waals surface area contributed by atoms with Gasteiger partial charge in [-0.1, -0.05) is 339 Å². The Morgan fingerprint density at radius 1 is 0.389 bits per heavy atom. The van der Waals surface area contributed by atoms with Crippen LogP contribution in [-0.2, 0) is 27.9 Å². The lowest BCUT2D eigenvalue weighted by Gasteiger charge is -2.30. The fourth-order valence-corrected chi connectivity index (χ4v) is 12.4. The van der Waals surface area contributed by atoms with Crippen LogP contribution in [0.1, 0.15) is 387 Å². The molecule has 0 fully saturated rings. The summed E-state index contributed by atoms with van der Waals surface area (Å²) in [4.78, 5) is 40.3. The Hall–Kier alpha value is -2.29. The van der Waals surface area contributed by atoms with Gasteiger partial charge in [-0.15, -0.1) is 0 Å². The molecule has 0 aromatic rings. The first-order valence-electron chi connectivity index (χ1n) is 39.1. The van der Waals surface area contributed by atoms with Crippen molar-refractivity contribution in [1.29, 1.82) is 0 Å². The first-order valence-corrected chi connectivity index (χ1v) is 40.6. The molecule has 0 heterocycles. The fourth-order valence-electron chi connectivity index (χ4n) is 11.6. The van der Waals surface area contributed by atoms with E-state index < -0.39 is 20.0 Å². The molecular formula is C80H151N2O7P. The van der Waals surface area contributed by atoms with Crippen LogP contribution in [0, 0.1) is 0 Å². The van der Waals surface area contributed by atoms with E-state index in [1.165, 1.54) is 283 Å². The second-order valence-electron chi connectivity index (χ2n) is 27.9. The minimum absolute atomic E-state index is 0.0214. The third-order valence-corrected chi connectivity index (χ3v) is 18.6. The van der Waals surface area contributed by atoms with E-state index >= 15 is 0 Å². The van der Waals surface area contributed by atoms with Gasteiger partial charge in [0.25, 0.3) is 7.82 Å². The molecule has 0 saturated heterocycles. The summed E-state index contributed by atoms with van der Waals surface area (Å²) in [5.74, 6) is -0.525. The van der Waals surface area contributed by atoms with Gasteiger partial charge in [-0.3, -0.25) is 14.2 Å². The van der Waals surface area contributed by atoms with Crippen LogP contribution < -0.4 is 10.2 Å². The van der Waals surface area contributed by atoms with Crippen molar-refractivity contribution in [3.05, 3.63) is 60.8 Å². The van der Waals surface area contributed by atoms with E-state index in [1.807, 2.05) is 33.3 Å². The summed E-state index contributed by atoms with van der Waals surface area (Å²) in [7, 11) is 1.20. The highest BCUT2D eigenvalue weighted by Crippen LogP contribution is 2.38. The number of likely N-dealkylation sites (N-methyl/N-ethyl adjacent to an activating group) is 1. The summed E-state index contributed by atoms with van der Waals surface area (Å²) < 4.78 is 30.5. The average Bonchev–Trinajstić information content (AvgIpc) is 3.11. The zero-order valence-electron chi connectivity index (χ0n) is 60.6. The van der Waals surface area contributed by atoms with E-state index in [0.29, 0.717) is 17.4 Å². The maximum absolute atomic E-state index is 13.6. The molecule has 9 nitrogen and oxygen atoms in total. The van der Waals surface area contributed by atoms with Gasteiger partial charge in [0.05, 0.1) is 33.8 Å². The summed E-state index contributed by atoms with van der Waals surface area (Å²) >= 11 is 0. The van der Waals surface area contributed by atoms with Crippen LogP contribution >= 0.6 is 7.82 Å². The van der Waals surface area contributed by atoms with Gasteiger partial charge >= 0.3 is 5.97 Å². The molecule has 1 N–H and O–H groups in total. The van der Waals surface area contributed by atoms with E-state index in [4.69, 9.17) is 13.8 Å². The smallest absolute Gasteiger partial charge is 0.306 e. The van der Waals surface area contributed by atoms with Crippen LogP contribution in [0.2, 0.25) is 0 Å². The third-order valence-electron chi connectivity index (χ3n) is 17.7. The molecular weight excluding hydrogens is 1130 g/mol. The molecule has 90 heavy (non-hydrogen) atoms. The maximum atomic E-state index is 13.6. The molecule has 0 aliphatic heterocycles. The Morgan fingerprint density at radius 2 is 0.678 bits per heavy atom. The number of carbonyl (C=O) groups is 2. The lowest BCUT2D eigenvalue weighted by Crippen LogP contribution is -2.47. The van der Waals surface area contributed by atoms with Crippen LogP contribution in [0.3, 0.4) is 0 Å². The maximum Gasteiger partial charge on any atom is 0.306 e. The zero-order chi connectivity index (χ0) is 65.6. The second kappa shape index (κ2) is 69.5. The summed E-state index contributed by atoms with van der Waals surface area (Å²) in [5.41, 5.74) is 0. The Kier molecular flexibility index (Phi) is 67.8. The van der Waals surface area contributed by atoms with Gasteiger partial charge in [0, 0.05) is 12.8 Å². The number of carbonyl (C=O) groups excluding carboxylic acids is 2. The Morgan fingerprint density at radius 3 is 1.04 bits per heavy atom. The van der Waals surface area contributed by atoms with Gasteiger partial charge in [-0.2, -0.15) is 0 Å². The van der Waals surface area contributed by atoms with E-state index in [1.54, 1.807) is 0 Å². The number of esters is 1. The van der Waals surface area contributed by atoms with Crippen LogP contribution in [-0.4, -0.2) is 69.4 Å². The van der Waals surface area contributed by atoms with Crippen molar-refractivity contribution in [2.24, 2.45) is 0 Å². The van der Waals surface area contributed by atoms with E-state index in [9.17, 15) is 19.0 Å². The highest BCUT2D eigenvalue weighted by molar-refractivity contribution is 7.45. The van der Waals surface area contributed by atoms with Crippen molar-refractivity contribution in [2.75, 3.05) is 40.9 Å². The first kappa shape index (κ1) is 87.7. The largest absolute Gasteiger partial charge is 0.756 e. The van der Waals surface area contributed by atoms with E-state index in [-0.39, 0.29) is 31.5 Å². The number of amides is 1. The number of nitrogens with one attached hydrogen (secondary N) is 1. The number of unbranched alkanes of at least 4 members (excludes halogenated alkanes) is 48. The summed E-state index contributed by atoms with van der Waals surface area (Å²) in [6.07, 6.45) is 90.8. The highest BCUT2D eigenvalue weighted by atomic mass is 31.2. The molecule has 0 spiro atoms. The summed E-state index contributed by atoms with van der Waals surface area (Å²) in [5, 5.41) is 3.06. The number of phosphoric ester groups is 1. The van der Waals surface area contributed by atoms with Crippen molar-refractivity contribution >= 4 is 19.7 Å². The van der Waals surface area contributed by atoms with Crippen molar-refractivity contribution in [3.63, 3.8) is 0 Å². The number of phosphoric acid groups is 1. The molecule has 1 amide bonds. The van der Waals surface area contributed by atoms with Crippen LogP contribution in [0.4, 0.5) is 0 Å². The standard InChI is InChI=1S/C80H151N2O7P/c1-7-10-13-16-19-22-25-28-30-32-34-36-38-40-41-43-44-46-48-50-52-54-57-60-63-66-69-72-79(83)81-77(76-88-90(85,86)87-75-74-82(4,5)6)78(71-68-65-62-59-56-27-24-21-18-15-12-9-3)89-80(84)73-70-67-64-61-58-55-53-51-49-47-45-42-39-37-35-33-31-29-26-23-20-17-14-11-8-2/h20,23,28-31,35,37,68,71,77-78H,7-19,21-22,24-27,32-34,36,38-67,69-70,72-76H2,1-6H3,(H-,81,83,85,86)/b23-20-,30-28+,31-29-,37-35-,71-68+. The second-order valence-corrected chi connectivity index (χ2v) is 29.3. The predicted octanol–water partition coefficient (Wildman–Crippen LogP) is 24.7. The summed E-state index contributed by atoms with van der Waals surface area (Å²) in [6.45, 7) is 6.87. The Balaban J connectivity index is 4.93. The Bertz CT molecular complexity index is 1720. The lowest BCUT2D eigenvalue weighted by atomic mass is 10.0. The molecule has 3 unspecified atom stereocenters. The summed E-state index contributed by atoms with van der Waals surface area (Å²) in [6, 6.07) is -0.890. The quantitative estimate of drug-likeness (QED) is 0.0212. The number of ether oxygens (including phenoxy) is 1. The zero-order valence-corrected chi connectivity index (χ0v) is 61.5. The molecule has 0 aromatic heterocycles. The average molecular weight is 1280 g/mol. The minimum Gasteiger partial charge on any atom is -0.756 e. The molecule has 3 atom stereocenters. The number of rotatable bonds is 72. The molecule has 0 aliphatic rings. The third kappa shape index (κ3) is 70.0. The number of quaternary nitrogens is 1. The molecule has 0 saturated carbocycles. The van der Waals surface area contributed by atoms with Gasteiger partial charge in [0.15, 0.2) is 0 Å². The van der Waals surface area contributed by atoms with Crippen LogP contribution in [0.15, 0.2) is 60.8 Å². The van der Waals surface area contributed by atoms with E-state index in [2.05, 4.69) is 74.7 Å². The first-order chi connectivity index (χ1) is 43.9. The minimum atomic E-state index is -4.71. The molecule has 0 rings (SSSR count). The molecule has 528 valence electrons. The van der Waals surface area contributed by atoms with Gasteiger partial charge in [0.2, 0.25) is 5.91 Å². The molecule has 10 heteroatoms. The molecule has 0 bridgehead atoms. The monoisotopic (exact) mass is 1280 g/mol. The Labute approximate surface area is 560 Å². The highest BCUT2D eigenvalue weighted by Gasteiger charge is 2.27. The van der Waals surface area contributed by atoms with Gasteiger partial charge in [-0.05, 0) is 96.0 Å². The number of hydrogen-bond acceptors (Lipinski definition) is 7. The SMILES string of the molecule is CCCCC/C=C\C/C=C\C/C=C\CCCCCCCCCCCCCCC(=O)OC(/C=C/CCCCCCCCCCCC)C(COP(=O)([O-])OCC[N+](C)(C)C)NC(=O)CCCCCCCCCCCCCCCCCCC/C=C/CCCCCCCC. The molecule has 0 aromatic carbocycles. The van der Waals surface area contributed by atoms with Crippen LogP contribution in [0.25, 0.3) is 0 Å². The predicted molar refractivity (Wildman–Crippen MR) is 390 cm³/mol. The van der Waals surface area contributed by atoms with Crippen molar-refractivity contribution in [2.45, 2.75) is 399 Å². The van der Waals surface area contributed by atoms with Crippen molar-refractivity contribution < 1.29 is 37.3 Å². The fraction of sp³-hybridized carbons (Fsp3) is 0.850. The normalized spacial score (nSPS) is 13.7.